The van der Waals surface area contributed by atoms with Gasteiger partial charge in [0, 0.05) is 11.3 Å². The fourth-order valence-corrected chi connectivity index (χ4v) is 4.22. The molecule has 0 saturated carbocycles. The van der Waals surface area contributed by atoms with Crippen molar-refractivity contribution in [1.82, 2.24) is 15.1 Å². The second-order valence-electron chi connectivity index (χ2n) is 6.55. The van der Waals surface area contributed by atoms with Crippen LogP contribution in [0.1, 0.15) is 56.4 Å². The Labute approximate surface area is 159 Å². The van der Waals surface area contributed by atoms with E-state index in [-0.39, 0.29) is 23.5 Å². The summed E-state index contributed by atoms with van der Waals surface area (Å²) in [5, 5.41) is 7.41. The van der Waals surface area contributed by atoms with Gasteiger partial charge in [-0.15, -0.1) is 11.3 Å². The standard InChI is InChI=1S/C20H18FN3O2S/c1-12(25)18-9-10-19(27-18)20(26)23-15-6-4-8-16-13(15)11-22-24(16)17-7-3-2-5-14(17)21/h2-3,5,7,9-11,15H,4,6,8H2,1H3,(H,23,26). The van der Waals surface area contributed by atoms with E-state index in [4.69, 9.17) is 0 Å². The minimum atomic E-state index is -0.329. The molecule has 27 heavy (non-hydrogen) atoms. The number of carbonyl (C=O) groups is 2. The molecular weight excluding hydrogens is 365 g/mol. The smallest absolute Gasteiger partial charge is 0.261 e. The first-order chi connectivity index (χ1) is 13.0. The predicted molar refractivity (Wildman–Crippen MR) is 101 cm³/mol. The summed E-state index contributed by atoms with van der Waals surface area (Å²) in [5.74, 6) is -0.584. The summed E-state index contributed by atoms with van der Waals surface area (Å²) in [4.78, 5) is 25.1. The Kier molecular flexibility index (Phi) is 4.61. The number of amides is 1. The maximum absolute atomic E-state index is 14.2. The van der Waals surface area contributed by atoms with Crippen molar-refractivity contribution < 1.29 is 14.0 Å². The summed E-state index contributed by atoms with van der Waals surface area (Å²) in [6.07, 6.45) is 4.17. The SMILES string of the molecule is CC(=O)c1ccc(C(=O)NC2CCCc3c2cnn3-c2ccccc2F)s1. The molecule has 1 aliphatic carbocycles. The number of benzene rings is 1. The zero-order valence-electron chi connectivity index (χ0n) is 14.7. The van der Waals surface area contributed by atoms with Crippen molar-refractivity contribution in [2.24, 2.45) is 0 Å². The highest BCUT2D eigenvalue weighted by atomic mass is 32.1. The van der Waals surface area contributed by atoms with E-state index in [0.717, 1.165) is 30.5 Å². The Morgan fingerprint density at radius 1 is 1.22 bits per heavy atom. The second kappa shape index (κ2) is 7.08. The van der Waals surface area contributed by atoms with E-state index in [1.54, 1.807) is 41.2 Å². The first kappa shape index (κ1) is 17.6. The fraction of sp³-hybridized carbons (Fsp3) is 0.250. The third kappa shape index (κ3) is 3.30. The lowest BCUT2D eigenvalue weighted by Gasteiger charge is -2.24. The number of hydrogen-bond acceptors (Lipinski definition) is 4. The molecule has 138 valence electrons. The van der Waals surface area contributed by atoms with Gasteiger partial charge in [0.25, 0.3) is 5.91 Å². The first-order valence-electron chi connectivity index (χ1n) is 8.78. The zero-order valence-corrected chi connectivity index (χ0v) is 15.6. The van der Waals surface area contributed by atoms with Gasteiger partial charge in [-0.1, -0.05) is 12.1 Å². The molecule has 1 amide bonds. The van der Waals surface area contributed by atoms with Gasteiger partial charge in [-0.05, 0) is 50.5 Å². The molecular formula is C20H18FN3O2S. The highest BCUT2D eigenvalue weighted by Gasteiger charge is 2.27. The number of nitrogens with one attached hydrogen (secondary N) is 1. The summed E-state index contributed by atoms with van der Waals surface area (Å²) in [6, 6.07) is 9.69. The van der Waals surface area contributed by atoms with Crippen LogP contribution in [0.4, 0.5) is 4.39 Å². The van der Waals surface area contributed by atoms with Crippen LogP contribution in [0.25, 0.3) is 5.69 Å². The number of fused-ring (bicyclic) bond motifs is 1. The Balaban J connectivity index is 1.60. The minimum Gasteiger partial charge on any atom is -0.344 e. The molecule has 0 saturated heterocycles. The van der Waals surface area contributed by atoms with Crippen LogP contribution in [0.15, 0.2) is 42.6 Å². The van der Waals surface area contributed by atoms with Crippen LogP contribution in [-0.2, 0) is 6.42 Å². The fourth-order valence-electron chi connectivity index (χ4n) is 3.42. The van der Waals surface area contributed by atoms with Crippen LogP contribution in [0.2, 0.25) is 0 Å². The van der Waals surface area contributed by atoms with Crippen LogP contribution in [0.5, 0.6) is 0 Å². The number of nitrogens with zero attached hydrogens (tertiary/aromatic N) is 2. The van der Waals surface area contributed by atoms with Crippen LogP contribution in [0.3, 0.4) is 0 Å². The molecule has 4 rings (SSSR count). The Morgan fingerprint density at radius 2 is 2.00 bits per heavy atom. The van der Waals surface area contributed by atoms with Gasteiger partial charge in [0.2, 0.25) is 0 Å². The lowest BCUT2D eigenvalue weighted by Crippen LogP contribution is -2.30. The number of halogens is 1. The molecule has 0 spiro atoms. The average Bonchev–Trinajstić information content (AvgIpc) is 3.30. The average molecular weight is 383 g/mol. The molecule has 1 unspecified atom stereocenters. The molecule has 2 heterocycles. The first-order valence-corrected chi connectivity index (χ1v) is 9.59. The summed E-state index contributed by atoms with van der Waals surface area (Å²) in [6.45, 7) is 1.48. The molecule has 0 aliphatic heterocycles. The van der Waals surface area contributed by atoms with E-state index in [1.807, 2.05) is 0 Å². The van der Waals surface area contributed by atoms with Gasteiger partial charge in [-0.3, -0.25) is 9.59 Å². The van der Waals surface area contributed by atoms with E-state index in [2.05, 4.69) is 10.4 Å². The van der Waals surface area contributed by atoms with Crippen LogP contribution >= 0.6 is 11.3 Å². The van der Waals surface area contributed by atoms with Gasteiger partial charge in [-0.25, -0.2) is 9.07 Å². The van der Waals surface area contributed by atoms with Crippen molar-refractivity contribution in [2.75, 3.05) is 0 Å². The summed E-state index contributed by atoms with van der Waals surface area (Å²) >= 11 is 1.19. The van der Waals surface area contributed by atoms with Crippen molar-refractivity contribution in [2.45, 2.75) is 32.2 Å². The zero-order chi connectivity index (χ0) is 19.0. The molecule has 7 heteroatoms. The van der Waals surface area contributed by atoms with Gasteiger partial charge < -0.3 is 5.32 Å². The highest BCUT2D eigenvalue weighted by Crippen LogP contribution is 2.32. The van der Waals surface area contributed by atoms with Crippen LogP contribution < -0.4 is 5.32 Å². The van der Waals surface area contributed by atoms with Crippen LogP contribution in [-0.4, -0.2) is 21.5 Å². The molecule has 1 atom stereocenters. The van der Waals surface area contributed by atoms with Crippen molar-refractivity contribution in [3.8, 4) is 5.69 Å². The largest absolute Gasteiger partial charge is 0.344 e. The normalized spacial score (nSPS) is 16.0. The quantitative estimate of drug-likeness (QED) is 0.691. The van der Waals surface area contributed by atoms with Gasteiger partial charge in [0.1, 0.15) is 11.5 Å². The minimum absolute atomic E-state index is 0.0508. The maximum atomic E-state index is 14.2. The lowest BCUT2D eigenvalue weighted by atomic mass is 9.93. The predicted octanol–water partition coefficient (Wildman–Crippen LogP) is 4.08. The number of para-hydroxylation sites is 1. The number of aromatic nitrogens is 2. The molecule has 0 radical (unpaired) electrons. The number of hydrogen-bond donors (Lipinski definition) is 1. The Hall–Kier alpha value is -2.80. The van der Waals surface area contributed by atoms with Gasteiger partial charge in [0.15, 0.2) is 5.78 Å². The Morgan fingerprint density at radius 3 is 2.74 bits per heavy atom. The number of ketones is 1. The lowest BCUT2D eigenvalue weighted by molar-refractivity contribution is 0.0936. The molecule has 2 aromatic heterocycles. The molecule has 0 fully saturated rings. The summed E-state index contributed by atoms with van der Waals surface area (Å²) in [7, 11) is 0. The maximum Gasteiger partial charge on any atom is 0.261 e. The van der Waals surface area contributed by atoms with Gasteiger partial charge in [0.05, 0.1) is 22.0 Å². The van der Waals surface area contributed by atoms with Crippen molar-refractivity contribution in [3.05, 3.63) is 69.4 Å². The summed E-state index contributed by atoms with van der Waals surface area (Å²) < 4.78 is 15.8. The topological polar surface area (TPSA) is 64.0 Å². The van der Waals surface area contributed by atoms with E-state index in [9.17, 15) is 14.0 Å². The number of thiophene rings is 1. The van der Waals surface area contributed by atoms with Crippen molar-refractivity contribution in [3.63, 3.8) is 0 Å². The Bertz CT molecular complexity index is 1020. The third-order valence-corrected chi connectivity index (χ3v) is 5.93. The monoisotopic (exact) mass is 383 g/mol. The van der Waals surface area contributed by atoms with Crippen molar-refractivity contribution in [1.29, 1.82) is 0 Å². The highest BCUT2D eigenvalue weighted by molar-refractivity contribution is 7.15. The van der Waals surface area contributed by atoms with Gasteiger partial charge >= 0.3 is 0 Å². The van der Waals surface area contributed by atoms with E-state index >= 15 is 0 Å². The second-order valence-corrected chi connectivity index (χ2v) is 7.63. The van der Waals surface area contributed by atoms with E-state index in [0.29, 0.717) is 15.4 Å². The van der Waals surface area contributed by atoms with Crippen LogP contribution in [0, 0.1) is 5.82 Å². The third-order valence-electron chi connectivity index (χ3n) is 4.75. The molecule has 1 N–H and O–H groups in total. The number of Topliss-reactive ketones (excluding diaryl/α,β-unsaturated/α-hetero) is 1. The van der Waals surface area contributed by atoms with E-state index < -0.39 is 0 Å². The van der Waals surface area contributed by atoms with Gasteiger partial charge in [-0.2, -0.15) is 5.10 Å². The molecule has 1 aromatic carbocycles. The number of rotatable bonds is 4. The van der Waals surface area contributed by atoms with E-state index in [1.165, 1.54) is 24.3 Å². The number of carbonyl (C=O) groups excluding carboxylic acids is 2. The molecule has 1 aliphatic rings. The van der Waals surface area contributed by atoms with Crippen molar-refractivity contribution >= 4 is 23.0 Å². The molecule has 3 aromatic rings. The molecule has 5 nitrogen and oxygen atoms in total. The summed E-state index contributed by atoms with van der Waals surface area (Å²) in [5.41, 5.74) is 2.25. The molecule has 0 bridgehead atoms.